The summed E-state index contributed by atoms with van der Waals surface area (Å²) in [7, 11) is 2.04. The molecular formula is C13H20N4O. The lowest BCUT2D eigenvalue weighted by Crippen LogP contribution is -2.29. The number of hydrogen-bond acceptors (Lipinski definition) is 5. The Kier molecular flexibility index (Phi) is 3.07. The van der Waals surface area contributed by atoms with Crippen molar-refractivity contribution in [3.8, 4) is 0 Å². The van der Waals surface area contributed by atoms with Crippen LogP contribution in [0.1, 0.15) is 37.4 Å². The molecule has 1 unspecified atom stereocenters. The van der Waals surface area contributed by atoms with E-state index in [1.165, 1.54) is 12.8 Å². The Hall–Kier alpha value is -1.36. The van der Waals surface area contributed by atoms with Crippen LogP contribution in [0.2, 0.25) is 0 Å². The summed E-state index contributed by atoms with van der Waals surface area (Å²) >= 11 is 0. The van der Waals surface area contributed by atoms with Crippen LogP contribution < -0.4 is 10.6 Å². The maximum absolute atomic E-state index is 5.86. The zero-order chi connectivity index (χ0) is 12.5. The Labute approximate surface area is 107 Å². The number of nitrogens with two attached hydrogens (primary N) is 1. The first kappa shape index (κ1) is 11.7. The van der Waals surface area contributed by atoms with Gasteiger partial charge in [0.1, 0.15) is 17.5 Å². The van der Waals surface area contributed by atoms with E-state index in [0.717, 1.165) is 37.6 Å². The summed E-state index contributed by atoms with van der Waals surface area (Å²) in [5, 5.41) is 0. The van der Waals surface area contributed by atoms with Crippen molar-refractivity contribution in [1.29, 1.82) is 0 Å². The third-order valence-electron chi connectivity index (χ3n) is 3.58. The highest BCUT2D eigenvalue weighted by atomic mass is 16.5. The summed E-state index contributed by atoms with van der Waals surface area (Å²) < 4.78 is 5.65. The summed E-state index contributed by atoms with van der Waals surface area (Å²) in [4.78, 5) is 11.1. The first-order chi connectivity index (χ1) is 8.72. The van der Waals surface area contributed by atoms with Crippen molar-refractivity contribution < 1.29 is 4.74 Å². The fourth-order valence-electron chi connectivity index (χ4n) is 2.38. The molecule has 2 aliphatic rings. The number of nitrogens with zero attached hydrogens (tertiary/aromatic N) is 3. The second kappa shape index (κ2) is 4.72. The van der Waals surface area contributed by atoms with E-state index in [-0.39, 0.29) is 0 Å². The molecule has 2 N–H and O–H groups in total. The molecule has 1 saturated heterocycles. The predicted octanol–water partition coefficient (Wildman–Crippen LogP) is 1.55. The Morgan fingerprint density at radius 2 is 2.22 bits per heavy atom. The summed E-state index contributed by atoms with van der Waals surface area (Å²) in [6.45, 7) is 1.76. The number of rotatable bonds is 4. The minimum absolute atomic E-state index is 0.329. The molecule has 18 heavy (non-hydrogen) atoms. The first-order valence-corrected chi connectivity index (χ1v) is 6.69. The maximum Gasteiger partial charge on any atom is 0.136 e. The van der Waals surface area contributed by atoms with Crippen LogP contribution in [0, 0.1) is 0 Å². The monoisotopic (exact) mass is 248 g/mol. The molecule has 1 atom stereocenters. The summed E-state index contributed by atoms with van der Waals surface area (Å²) in [6.07, 6.45) is 5.02. The molecule has 0 bridgehead atoms. The Balaban J connectivity index is 1.73. The third kappa shape index (κ3) is 2.56. The fourth-order valence-corrected chi connectivity index (χ4v) is 2.38. The molecule has 2 fully saturated rings. The van der Waals surface area contributed by atoms with E-state index in [2.05, 4.69) is 14.9 Å². The van der Waals surface area contributed by atoms with Gasteiger partial charge in [-0.05, 0) is 25.7 Å². The van der Waals surface area contributed by atoms with Gasteiger partial charge in [-0.2, -0.15) is 0 Å². The van der Waals surface area contributed by atoms with Gasteiger partial charge in [-0.25, -0.2) is 9.97 Å². The summed E-state index contributed by atoms with van der Waals surface area (Å²) in [6, 6.07) is 1.85. The zero-order valence-electron chi connectivity index (χ0n) is 10.8. The zero-order valence-corrected chi connectivity index (χ0v) is 10.8. The van der Waals surface area contributed by atoms with Crippen molar-refractivity contribution in [3.63, 3.8) is 0 Å². The van der Waals surface area contributed by atoms with Gasteiger partial charge in [-0.3, -0.25) is 0 Å². The predicted molar refractivity (Wildman–Crippen MR) is 70.7 cm³/mol. The Morgan fingerprint density at radius 3 is 2.89 bits per heavy atom. The van der Waals surface area contributed by atoms with Gasteiger partial charge in [-0.15, -0.1) is 0 Å². The van der Waals surface area contributed by atoms with Crippen molar-refractivity contribution in [2.24, 2.45) is 0 Å². The van der Waals surface area contributed by atoms with E-state index in [4.69, 9.17) is 10.5 Å². The molecule has 3 rings (SSSR count). The van der Waals surface area contributed by atoms with Gasteiger partial charge < -0.3 is 15.4 Å². The molecule has 5 heteroatoms. The largest absolute Gasteiger partial charge is 0.384 e. The molecule has 1 aromatic heterocycles. The van der Waals surface area contributed by atoms with Gasteiger partial charge in [-0.1, -0.05) is 0 Å². The van der Waals surface area contributed by atoms with Crippen LogP contribution in [-0.4, -0.2) is 36.3 Å². The van der Waals surface area contributed by atoms with Crippen molar-refractivity contribution in [1.82, 2.24) is 9.97 Å². The average Bonchev–Trinajstić information content (AvgIpc) is 3.08. The second-order valence-electron chi connectivity index (χ2n) is 5.30. The minimum atomic E-state index is 0.329. The number of ether oxygens (including phenoxy) is 1. The van der Waals surface area contributed by atoms with Crippen molar-refractivity contribution in [2.45, 2.75) is 37.7 Å². The molecule has 98 valence electrons. The normalized spacial score (nSPS) is 23.3. The number of anilines is 2. The molecule has 1 aliphatic heterocycles. The van der Waals surface area contributed by atoms with Crippen LogP contribution in [0.3, 0.4) is 0 Å². The van der Waals surface area contributed by atoms with E-state index in [1.807, 2.05) is 13.1 Å². The molecule has 0 radical (unpaired) electrons. The lowest BCUT2D eigenvalue weighted by Gasteiger charge is -2.22. The van der Waals surface area contributed by atoms with Crippen LogP contribution in [0.5, 0.6) is 0 Å². The van der Waals surface area contributed by atoms with Crippen LogP contribution >= 0.6 is 0 Å². The highest BCUT2D eigenvalue weighted by Gasteiger charge is 2.28. The van der Waals surface area contributed by atoms with Crippen molar-refractivity contribution in [2.75, 3.05) is 30.8 Å². The highest BCUT2D eigenvalue weighted by Crippen LogP contribution is 2.38. The van der Waals surface area contributed by atoms with Crippen LogP contribution in [-0.2, 0) is 4.74 Å². The van der Waals surface area contributed by atoms with Gasteiger partial charge in [0.15, 0.2) is 0 Å². The number of likely N-dealkylation sites (N-methyl/N-ethyl adjacent to an activating group) is 1. The molecule has 0 amide bonds. The van der Waals surface area contributed by atoms with Crippen LogP contribution in [0.4, 0.5) is 11.6 Å². The van der Waals surface area contributed by atoms with E-state index < -0.39 is 0 Å². The quantitative estimate of drug-likeness (QED) is 0.876. The summed E-state index contributed by atoms with van der Waals surface area (Å²) in [5.74, 6) is 2.92. The standard InChI is InChI=1S/C13H20N4O/c1-17(8-10-3-2-6-18-10)12-7-11(14)15-13(16-12)9-4-5-9/h7,9-10H,2-6,8H2,1H3,(H2,14,15,16). The fraction of sp³-hybridized carbons (Fsp3) is 0.692. The maximum atomic E-state index is 5.86. The minimum Gasteiger partial charge on any atom is -0.384 e. The molecule has 1 aliphatic carbocycles. The van der Waals surface area contributed by atoms with Crippen LogP contribution in [0.15, 0.2) is 6.07 Å². The highest BCUT2D eigenvalue weighted by molar-refractivity contribution is 5.47. The summed E-state index contributed by atoms with van der Waals surface area (Å²) in [5.41, 5.74) is 5.86. The van der Waals surface area contributed by atoms with Gasteiger partial charge in [0.25, 0.3) is 0 Å². The van der Waals surface area contributed by atoms with E-state index in [9.17, 15) is 0 Å². The number of aromatic nitrogens is 2. The second-order valence-corrected chi connectivity index (χ2v) is 5.30. The van der Waals surface area contributed by atoms with Gasteiger partial charge >= 0.3 is 0 Å². The lowest BCUT2D eigenvalue weighted by molar-refractivity contribution is 0.116. The smallest absolute Gasteiger partial charge is 0.136 e. The van der Waals surface area contributed by atoms with Crippen molar-refractivity contribution >= 4 is 11.6 Å². The number of hydrogen-bond donors (Lipinski definition) is 1. The van der Waals surface area contributed by atoms with E-state index in [0.29, 0.717) is 17.8 Å². The van der Waals surface area contributed by atoms with E-state index in [1.54, 1.807) is 0 Å². The van der Waals surface area contributed by atoms with E-state index >= 15 is 0 Å². The van der Waals surface area contributed by atoms with Crippen LogP contribution in [0.25, 0.3) is 0 Å². The Morgan fingerprint density at radius 1 is 1.39 bits per heavy atom. The van der Waals surface area contributed by atoms with Gasteiger partial charge in [0.2, 0.25) is 0 Å². The molecule has 1 saturated carbocycles. The number of nitrogen functional groups attached to an aromatic ring is 1. The van der Waals surface area contributed by atoms with Crippen molar-refractivity contribution in [3.05, 3.63) is 11.9 Å². The molecule has 2 heterocycles. The Bertz CT molecular complexity index is 427. The molecule has 0 spiro atoms. The molecular weight excluding hydrogens is 228 g/mol. The molecule has 5 nitrogen and oxygen atoms in total. The lowest BCUT2D eigenvalue weighted by atomic mass is 10.2. The van der Waals surface area contributed by atoms with Gasteiger partial charge in [0.05, 0.1) is 6.10 Å². The first-order valence-electron chi connectivity index (χ1n) is 6.69. The molecule has 0 aromatic carbocycles. The topological polar surface area (TPSA) is 64.3 Å². The third-order valence-corrected chi connectivity index (χ3v) is 3.58. The van der Waals surface area contributed by atoms with Gasteiger partial charge in [0, 0.05) is 32.2 Å². The molecule has 1 aromatic rings. The average molecular weight is 248 g/mol. The SMILES string of the molecule is CN(CC1CCCO1)c1cc(N)nc(C2CC2)n1.